The molecule has 0 aliphatic carbocycles. The maximum atomic E-state index is 10.7. The van der Waals surface area contributed by atoms with Gasteiger partial charge < -0.3 is 11.1 Å². The maximum Gasteiger partial charge on any atom is 0.217 e. The van der Waals surface area contributed by atoms with Crippen molar-refractivity contribution < 1.29 is 4.79 Å². The molecule has 0 aromatic carbocycles. The molecule has 1 rings (SSSR count). The number of nitrogens with one attached hydrogen (secondary N) is 1. The van der Waals surface area contributed by atoms with E-state index < -0.39 is 0 Å². The van der Waals surface area contributed by atoms with Crippen LogP contribution in [-0.4, -0.2) is 20.9 Å². The highest BCUT2D eigenvalue weighted by atomic mass is 32.1. The number of amides is 1. The number of nitrogens with zero attached hydrogens (tertiary/aromatic N) is 2. The van der Waals surface area contributed by atoms with Crippen molar-refractivity contribution in [3.8, 4) is 0 Å². The van der Waals surface area contributed by atoms with Crippen LogP contribution in [0.1, 0.15) is 25.3 Å². The van der Waals surface area contributed by atoms with Crippen LogP contribution in [0.25, 0.3) is 0 Å². The highest BCUT2D eigenvalue weighted by molar-refractivity contribution is 7.80. The minimum absolute atomic E-state index is 0.166. The van der Waals surface area contributed by atoms with Gasteiger partial charge >= 0.3 is 0 Å². The van der Waals surface area contributed by atoms with Gasteiger partial charge in [-0.3, -0.25) is 4.79 Å². The Hall–Kier alpha value is -1.56. The number of nitrogens with two attached hydrogens (primary N) is 1. The molecule has 0 aliphatic heterocycles. The zero-order chi connectivity index (χ0) is 12.7. The maximum absolute atomic E-state index is 10.7. The van der Waals surface area contributed by atoms with E-state index in [0.717, 1.165) is 10.6 Å². The van der Waals surface area contributed by atoms with E-state index in [9.17, 15) is 4.79 Å². The lowest BCUT2D eigenvalue weighted by Crippen LogP contribution is -2.24. The molecular weight excluding hydrogens is 236 g/mol. The molecule has 0 fully saturated rings. The van der Waals surface area contributed by atoms with Gasteiger partial charge in [-0.25, -0.2) is 9.97 Å². The van der Waals surface area contributed by atoms with Gasteiger partial charge in [-0.05, 0) is 5.92 Å². The molecule has 1 aromatic rings. The van der Waals surface area contributed by atoms with Crippen LogP contribution in [0, 0.1) is 5.92 Å². The Morgan fingerprint density at radius 2 is 2.12 bits per heavy atom. The van der Waals surface area contributed by atoms with Gasteiger partial charge in [0.25, 0.3) is 0 Å². The molecule has 92 valence electrons. The Bertz CT molecular complexity index is 382. The van der Waals surface area contributed by atoms with Crippen molar-refractivity contribution in [2.75, 3.05) is 0 Å². The number of primary amides is 1. The van der Waals surface area contributed by atoms with Gasteiger partial charge in [0.2, 0.25) is 5.91 Å². The molecule has 0 spiro atoms. The number of carbonyl (C=O) groups excluding carboxylic acids is 1. The van der Waals surface area contributed by atoms with Crippen LogP contribution in [0.15, 0.2) is 18.7 Å². The second-order valence-corrected chi connectivity index (χ2v) is 4.50. The molecule has 1 atom stereocenters. The Labute approximate surface area is 106 Å². The standard InChI is InChI=1S/C11H16N4OS/c1-8(2-10(12)16)3-11(17)15-6-9-4-13-7-14-5-9/h4-5,7-8H,2-3,6H2,1H3,(H2,12,16)(H,15,17)/t8-/m1/s1. The monoisotopic (exact) mass is 252 g/mol. The third-order valence-electron chi connectivity index (χ3n) is 2.19. The van der Waals surface area contributed by atoms with E-state index >= 15 is 0 Å². The van der Waals surface area contributed by atoms with Crippen LogP contribution < -0.4 is 11.1 Å². The Kier molecular flexibility index (Phi) is 5.48. The van der Waals surface area contributed by atoms with Crippen molar-refractivity contribution in [2.24, 2.45) is 11.7 Å². The number of hydrogen-bond donors (Lipinski definition) is 2. The molecule has 17 heavy (non-hydrogen) atoms. The van der Waals surface area contributed by atoms with E-state index in [-0.39, 0.29) is 11.8 Å². The van der Waals surface area contributed by atoms with Crippen LogP contribution in [0.4, 0.5) is 0 Å². The Morgan fingerprint density at radius 1 is 1.47 bits per heavy atom. The molecule has 3 N–H and O–H groups in total. The summed E-state index contributed by atoms with van der Waals surface area (Å²) in [7, 11) is 0. The average molecular weight is 252 g/mol. The largest absolute Gasteiger partial charge is 0.375 e. The summed E-state index contributed by atoms with van der Waals surface area (Å²) in [5.41, 5.74) is 6.08. The molecular formula is C11H16N4OS. The van der Waals surface area contributed by atoms with Gasteiger partial charge in [0, 0.05) is 37.3 Å². The fourth-order valence-electron chi connectivity index (χ4n) is 1.43. The zero-order valence-corrected chi connectivity index (χ0v) is 10.5. The molecule has 1 aromatic heterocycles. The predicted octanol–water partition coefficient (Wildman–Crippen LogP) is 0.795. The van der Waals surface area contributed by atoms with Gasteiger partial charge in [0.05, 0.1) is 4.99 Å². The van der Waals surface area contributed by atoms with E-state index in [0.29, 0.717) is 19.4 Å². The van der Waals surface area contributed by atoms with Crippen molar-refractivity contribution in [2.45, 2.75) is 26.3 Å². The number of rotatable bonds is 6. The number of hydrogen-bond acceptors (Lipinski definition) is 4. The van der Waals surface area contributed by atoms with Crippen LogP contribution in [0.5, 0.6) is 0 Å². The lowest BCUT2D eigenvalue weighted by molar-refractivity contribution is -0.118. The summed E-state index contributed by atoms with van der Waals surface area (Å²) in [5, 5.41) is 3.10. The first-order chi connectivity index (χ1) is 8.08. The van der Waals surface area contributed by atoms with E-state index in [1.165, 1.54) is 6.33 Å². The zero-order valence-electron chi connectivity index (χ0n) is 9.72. The topological polar surface area (TPSA) is 80.9 Å². The highest BCUT2D eigenvalue weighted by Gasteiger charge is 2.08. The van der Waals surface area contributed by atoms with Crippen LogP contribution in [0.3, 0.4) is 0 Å². The SMILES string of the molecule is C[C@H](CC(N)=O)CC(=S)NCc1cncnc1. The van der Waals surface area contributed by atoms with Crippen LogP contribution >= 0.6 is 12.2 Å². The third kappa shape index (κ3) is 5.91. The Morgan fingerprint density at radius 3 is 2.71 bits per heavy atom. The molecule has 6 heteroatoms. The van der Waals surface area contributed by atoms with Crippen molar-refractivity contribution in [1.82, 2.24) is 15.3 Å². The average Bonchev–Trinajstić information content (AvgIpc) is 2.26. The van der Waals surface area contributed by atoms with Crippen molar-refractivity contribution >= 4 is 23.1 Å². The van der Waals surface area contributed by atoms with Crippen molar-refractivity contribution in [1.29, 1.82) is 0 Å². The van der Waals surface area contributed by atoms with E-state index in [1.54, 1.807) is 12.4 Å². The molecule has 0 unspecified atom stereocenters. The van der Waals surface area contributed by atoms with Gasteiger partial charge in [0.1, 0.15) is 6.33 Å². The normalized spacial score (nSPS) is 11.8. The lowest BCUT2D eigenvalue weighted by Gasteiger charge is -2.11. The van der Waals surface area contributed by atoms with Crippen LogP contribution in [-0.2, 0) is 11.3 Å². The smallest absolute Gasteiger partial charge is 0.217 e. The third-order valence-corrected chi connectivity index (χ3v) is 2.50. The van der Waals surface area contributed by atoms with E-state index in [4.69, 9.17) is 18.0 Å². The van der Waals surface area contributed by atoms with Crippen molar-refractivity contribution in [3.05, 3.63) is 24.3 Å². The predicted molar refractivity (Wildman–Crippen MR) is 69.1 cm³/mol. The van der Waals surface area contributed by atoms with Gasteiger partial charge in [-0.15, -0.1) is 0 Å². The first-order valence-corrected chi connectivity index (χ1v) is 5.77. The second kappa shape index (κ2) is 6.90. The first kappa shape index (κ1) is 13.5. The molecule has 1 amide bonds. The summed E-state index contributed by atoms with van der Waals surface area (Å²) < 4.78 is 0. The molecule has 0 aliphatic rings. The lowest BCUT2D eigenvalue weighted by atomic mass is 10.0. The fraction of sp³-hybridized carbons (Fsp3) is 0.455. The summed E-state index contributed by atoms with van der Waals surface area (Å²) >= 11 is 5.18. The number of aromatic nitrogens is 2. The summed E-state index contributed by atoms with van der Waals surface area (Å²) in [6, 6.07) is 0. The van der Waals surface area contributed by atoms with Crippen LogP contribution in [0.2, 0.25) is 0 Å². The number of carbonyl (C=O) groups is 1. The van der Waals surface area contributed by atoms with Gasteiger partial charge in [-0.1, -0.05) is 19.1 Å². The molecule has 0 bridgehead atoms. The molecule has 1 heterocycles. The highest BCUT2D eigenvalue weighted by Crippen LogP contribution is 2.07. The molecule has 5 nitrogen and oxygen atoms in total. The van der Waals surface area contributed by atoms with E-state index in [1.807, 2.05) is 6.92 Å². The van der Waals surface area contributed by atoms with Gasteiger partial charge in [-0.2, -0.15) is 0 Å². The first-order valence-electron chi connectivity index (χ1n) is 5.37. The minimum atomic E-state index is -0.295. The summed E-state index contributed by atoms with van der Waals surface area (Å²) in [4.78, 5) is 19.3. The quantitative estimate of drug-likeness (QED) is 0.732. The molecule has 0 saturated carbocycles. The summed E-state index contributed by atoms with van der Waals surface area (Å²) in [5.74, 6) is -0.128. The summed E-state index contributed by atoms with van der Waals surface area (Å²) in [6.07, 6.45) is 5.96. The van der Waals surface area contributed by atoms with Crippen molar-refractivity contribution in [3.63, 3.8) is 0 Å². The number of thiocarbonyl (C=S) groups is 1. The molecule has 0 radical (unpaired) electrons. The summed E-state index contributed by atoms with van der Waals surface area (Å²) in [6.45, 7) is 2.55. The second-order valence-electron chi connectivity index (χ2n) is 4.00. The minimum Gasteiger partial charge on any atom is -0.375 e. The van der Waals surface area contributed by atoms with Gasteiger partial charge in [0.15, 0.2) is 0 Å². The Balaban J connectivity index is 2.28. The molecule has 0 saturated heterocycles. The fourth-order valence-corrected chi connectivity index (χ4v) is 1.78. The van der Waals surface area contributed by atoms with E-state index in [2.05, 4.69) is 15.3 Å².